The number of H-pyrrole nitrogens is 1. The summed E-state index contributed by atoms with van der Waals surface area (Å²) < 4.78 is 7.04. The van der Waals surface area contributed by atoms with Crippen molar-refractivity contribution < 1.29 is 9.53 Å². The molecule has 126 valence electrons. The molecule has 2 heterocycles. The molecule has 1 amide bonds. The van der Waals surface area contributed by atoms with E-state index < -0.39 is 0 Å². The van der Waals surface area contributed by atoms with Crippen LogP contribution in [0, 0.1) is 20.8 Å². The van der Waals surface area contributed by atoms with Gasteiger partial charge in [0.1, 0.15) is 10.8 Å². The number of halogens is 1. The molecule has 0 saturated carbocycles. The summed E-state index contributed by atoms with van der Waals surface area (Å²) in [5.41, 5.74) is 3.49. The predicted molar refractivity (Wildman–Crippen MR) is 90.3 cm³/mol. The largest absolute Gasteiger partial charge is 0.473 e. The van der Waals surface area contributed by atoms with Gasteiger partial charge in [-0.2, -0.15) is 4.63 Å². The zero-order valence-electron chi connectivity index (χ0n) is 13.7. The van der Waals surface area contributed by atoms with Gasteiger partial charge in [-0.1, -0.05) is 29.3 Å². The molecule has 3 aromatic rings. The van der Waals surface area contributed by atoms with Gasteiger partial charge in [-0.05, 0) is 32.4 Å². The van der Waals surface area contributed by atoms with Crippen LogP contribution < -0.4 is 10.1 Å². The van der Waals surface area contributed by atoms with Gasteiger partial charge in [0.25, 0.3) is 0 Å². The quantitative estimate of drug-likeness (QED) is 0.694. The van der Waals surface area contributed by atoms with E-state index in [2.05, 4.69) is 20.5 Å². The Labute approximate surface area is 144 Å². The van der Waals surface area contributed by atoms with Crippen molar-refractivity contribution in [3.63, 3.8) is 0 Å². The number of aromatic amines is 1. The van der Waals surface area contributed by atoms with E-state index in [-0.39, 0.29) is 19.1 Å². The van der Waals surface area contributed by atoms with E-state index in [1.165, 1.54) is 10.2 Å². The van der Waals surface area contributed by atoms with Crippen molar-refractivity contribution in [1.82, 2.24) is 25.1 Å². The van der Waals surface area contributed by atoms with Gasteiger partial charge in [0.15, 0.2) is 18.2 Å². The van der Waals surface area contributed by atoms with Crippen LogP contribution in [-0.2, 0) is 11.2 Å². The van der Waals surface area contributed by atoms with E-state index in [4.69, 9.17) is 16.3 Å². The molecule has 0 bridgehead atoms. The Morgan fingerprint density at radius 2 is 2.17 bits per heavy atom. The maximum Gasteiger partial charge on any atom is 0.230 e. The molecule has 0 aliphatic heterocycles. The van der Waals surface area contributed by atoms with E-state index >= 15 is 0 Å². The van der Waals surface area contributed by atoms with Crippen molar-refractivity contribution in [3.8, 4) is 5.75 Å². The number of rotatable bonds is 5. The number of benzene rings is 1. The van der Waals surface area contributed by atoms with Gasteiger partial charge >= 0.3 is 0 Å². The number of hydrogen-bond donors (Lipinski definition) is 2. The predicted octanol–water partition coefficient (Wildman–Crippen LogP) is 2.33. The lowest BCUT2D eigenvalue weighted by atomic mass is 10.1. The highest BCUT2D eigenvalue weighted by Gasteiger charge is 2.14. The Balaban J connectivity index is 1.55. The molecule has 0 aliphatic carbocycles. The average Bonchev–Trinajstić information content (AvgIpc) is 3.01. The van der Waals surface area contributed by atoms with Gasteiger partial charge in [-0.3, -0.25) is 9.89 Å². The summed E-state index contributed by atoms with van der Waals surface area (Å²) in [6.45, 7) is 5.91. The summed E-state index contributed by atoms with van der Waals surface area (Å²) in [5, 5.41) is 10.3. The van der Waals surface area contributed by atoms with E-state index in [1.54, 1.807) is 0 Å². The molecule has 0 aliphatic rings. The molecule has 0 radical (unpaired) electrons. The molecule has 1 aromatic carbocycles. The first-order valence-electron chi connectivity index (χ1n) is 7.50. The summed E-state index contributed by atoms with van der Waals surface area (Å²) >= 11 is 6.09. The van der Waals surface area contributed by atoms with Crippen molar-refractivity contribution in [2.75, 3.05) is 6.73 Å². The maximum absolute atomic E-state index is 12.0. The standard InChI is InChI=1S/C16H18ClN5O2/c1-9-4-5-12(10(2)6-9)24-8-18-14(23)7-13-19-16-15(17)11(3)20-22(16)21-13/h4-6,20H,7-8H2,1-3H3,(H,18,23). The fourth-order valence-corrected chi connectivity index (χ4v) is 2.55. The SMILES string of the molecule is Cc1ccc(OCNC(=O)Cc2nc3c(Cl)c(C)[nH]n3n2)c(C)c1. The first-order chi connectivity index (χ1) is 11.4. The molecule has 8 heteroatoms. The summed E-state index contributed by atoms with van der Waals surface area (Å²) in [6.07, 6.45) is 0.0567. The number of fused-ring (bicyclic) bond motifs is 1. The molecule has 7 nitrogen and oxygen atoms in total. The highest BCUT2D eigenvalue weighted by Crippen LogP contribution is 2.19. The first kappa shape index (κ1) is 16.3. The molecule has 3 rings (SSSR count). The molecule has 24 heavy (non-hydrogen) atoms. The zero-order chi connectivity index (χ0) is 17.3. The molecule has 0 spiro atoms. The fourth-order valence-electron chi connectivity index (χ4n) is 2.39. The van der Waals surface area contributed by atoms with Crippen LogP contribution in [0.2, 0.25) is 5.02 Å². The van der Waals surface area contributed by atoms with Crippen LogP contribution in [-0.4, -0.2) is 32.4 Å². The molecule has 0 saturated heterocycles. The number of hydrogen-bond acceptors (Lipinski definition) is 4. The number of aryl methyl sites for hydroxylation is 3. The summed E-state index contributed by atoms with van der Waals surface area (Å²) in [4.78, 5) is 16.2. The number of nitrogens with one attached hydrogen (secondary N) is 2. The lowest BCUT2D eigenvalue weighted by molar-refractivity contribution is -0.121. The minimum Gasteiger partial charge on any atom is -0.473 e. The number of carbonyl (C=O) groups is 1. The molecular weight excluding hydrogens is 330 g/mol. The van der Waals surface area contributed by atoms with Gasteiger partial charge in [-0.25, -0.2) is 4.98 Å². The van der Waals surface area contributed by atoms with Gasteiger partial charge in [0, 0.05) is 0 Å². The van der Waals surface area contributed by atoms with Crippen molar-refractivity contribution in [2.24, 2.45) is 0 Å². The molecule has 2 N–H and O–H groups in total. The Bertz CT molecular complexity index is 899. The molecule has 0 unspecified atom stereocenters. The highest BCUT2D eigenvalue weighted by molar-refractivity contribution is 6.34. The number of nitrogens with zero attached hydrogens (tertiary/aromatic N) is 3. The summed E-state index contributed by atoms with van der Waals surface area (Å²) in [5.74, 6) is 0.921. The van der Waals surface area contributed by atoms with Crippen LogP contribution in [0.15, 0.2) is 18.2 Å². The second-order valence-corrected chi connectivity index (χ2v) is 6.03. The number of ether oxygens (including phenoxy) is 1. The first-order valence-corrected chi connectivity index (χ1v) is 7.88. The second kappa shape index (κ2) is 6.52. The average molecular weight is 348 g/mol. The molecule has 2 aromatic heterocycles. The van der Waals surface area contributed by atoms with Crippen molar-refractivity contribution in [2.45, 2.75) is 27.2 Å². The van der Waals surface area contributed by atoms with Gasteiger partial charge in [0.05, 0.1) is 12.1 Å². The van der Waals surface area contributed by atoms with Crippen LogP contribution in [0.1, 0.15) is 22.6 Å². The fraction of sp³-hybridized carbons (Fsp3) is 0.312. The zero-order valence-corrected chi connectivity index (χ0v) is 14.4. The summed E-state index contributed by atoms with van der Waals surface area (Å²) in [7, 11) is 0. The lowest BCUT2D eigenvalue weighted by Gasteiger charge is -2.10. The van der Waals surface area contributed by atoms with E-state index in [0.717, 1.165) is 17.0 Å². The highest BCUT2D eigenvalue weighted by atomic mass is 35.5. The Kier molecular flexibility index (Phi) is 4.44. The monoisotopic (exact) mass is 347 g/mol. The van der Waals surface area contributed by atoms with Crippen molar-refractivity contribution >= 4 is 23.2 Å². The topological polar surface area (TPSA) is 84.3 Å². The van der Waals surface area contributed by atoms with Crippen LogP contribution in [0.3, 0.4) is 0 Å². The normalized spacial score (nSPS) is 11.0. The minimum absolute atomic E-state index is 0.0567. The van der Waals surface area contributed by atoms with E-state index in [1.807, 2.05) is 39.0 Å². The third-order valence-electron chi connectivity index (χ3n) is 3.60. The number of aromatic nitrogens is 4. The van der Waals surface area contributed by atoms with Crippen LogP contribution in [0.25, 0.3) is 5.65 Å². The van der Waals surface area contributed by atoms with E-state index in [0.29, 0.717) is 16.5 Å². The van der Waals surface area contributed by atoms with Crippen molar-refractivity contribution in [3.05, 3.63) is 45.9 Å². The number of amides is 1. The van der Waals surface area contributed by atoms with Crippen molar-refractivity contribution in [1.29, 1.82) is 0 Å². The lowest BCUT2D eigenvalue weighted by Crippen LogP contribution is -2.29. The van der Waals surface area contributed by atoms with Gasteiger partial charge in [-0.15, -0.1) is 5.10 Å². The smallest absolute Gasteiger partial charge is 0.230 e. The Morgan fingerprint density at radius 1 is 1.38 bits per heavy atom. The van der Waals surface area contributed by atoms with Gasteiger partial charge in [0.2, 0.25) is 5.91 Å². The van der Waals surface area contributed by atoms with Gasteiger partial charge < -0.3 is 10.1 Å². The third kappa shape index (κ3) is 3.35. The molecule has 0 atom stereocenters. The van der Waals surface area contributed by atoms with Crippen LogP contribution in [0.5, 0.6) is 5.75 Å². The summed E-state index contributed by atoms with van der Waals surface area (Å²) in [6, 6.07) is 5.88. The molecule has 0 fully saturated rings. The molecular formula is C16H18ClN5O2. The second-order valence-electron chi connectivity index (χ2n) is 5.65. The van der Waals surface area contributed by atoms with E-state index in [9.17, 15) is 4.79 Å². The van der Waals surface area contributed by atoms with Crippen LogP contribution in [0.4, 0.5) is 0 Å². The Hall–Kier alpha value is -2.54. The van der Waals surface area contributed by atoms with Crippen LogP contribution >= 0.6 is 11.6 Å². The number of carbonyl (C=O) groups excluding carboxylic acids is 1. The maximum atomic E-state index is 12.0. The Morgan fingerprint density at radius 3 is 2.88 bits per heavy atom. The minimum atomic E-state index is -0.221. The third-order valence-corrected chi connectivity index (χ3v) is 4.05.